The van der Waals surface area contributed by atoms with Crippen molar-refractivity contribution in [3.63, 3.8) is 0 Å². The lowest BCUT2D eigenvalue weighted by Crippen LogP contribution is -2.02. The zero-order chi connectivity index (χ0) is 12.7. The maximum atomic E-state index is 11.7. The molecule has 3 aromatic rings. The van der Waals surface area contributed by atoms with Crippen LogP contribution in [-0.2, 0) is 0 Å². The van der Waals surface area contributed by atoms with Crippen LogP contribution >= 0.6 is 22.9 Å². The van der Waals surface area contributed by atoms with Crippen molar-refractivity contribution in [2.45, 2.75) is 6.92 Å². The summed E-state index contributed by atoms with van der Waals surface area (Å²) in [6, 6.07) is 7.67. The average molecular weight is 277 g/mol. The van der Waals surface area contributed by atoms with Crippen molar-refractivity contribution in [2.24, 2.45) is 0 Å². The third-order valence-electron chi connectivity index (χ3n) is 2.77. The van der Waals surface area contributed by atoms with Gasteiger partial charge in [0.25, 0.3) is 5.56 Å². The van der Waals surface area contributed by atoms with Gasteiger partial charge in [0.05, 0.1) is 11.8 Å². The van der Waals surface area contributed by atoms with Crippen molar-refractivity contribution < 1.29 is 0 Å². The van der Waals surface area contributed by atoms with E-state index in [0.29, 0.717) is 9.72 Å². The van der Waals surface area contributed by atoms with E-state index in [1.165, 1.54) is 17.7 Å². The first kappa shape index (κ1) is 11.4. The second-order valence-corrected chi connectivity index (χ2v) is 5.50. The Kier molecular flexibility index (Phi) is 2.69. The second kappa shape index (κ2) is 4.23. The van der Waals surface area contributed by atoms with Crippen LogP contribution < -0.4 is 5.56 Å². The predicted molar refractivity (Wildman–Crippen MR) is 75.4 cm³/mol. The van der Waals surface area contributed by atoms with E-state index in [2.05, 4.69) is 9.97 Å². The maximum Gasteiger partial charge on any atom is 0.268 e. The van der Waals surface area contributed by atoms with Gasteiger partial charge >= 0.3 is 0 Å². The molecule has 0 aliphatic heterocycles. The summed E-state index contributed by atoms with van der Waals surface area (Å²) in [6.07, 6.45) is 1.43. The Labute approximate surface area is 112 Å². The minimum absolute atomic E-state index is 0.0946. The molecule has 0 fully saturated rings. The summed E-state index contributed by atoms with van der Waals surface area (Å²) >= 11 is 7.39. The highest BCUT2D eigenvalue weighted by Gasteiger charge is 2.09. The summed E-state index contributed by atoms with van der Waals surface area (Å²) in [6.45, 7) is 2.00. The van der Waals surface area contributed by atoms with Gasteiger partial charge in [0.1, 0.15) is 4.70 Å². The van der Waals surface area contributed by atoms with Crippen LogP contribution in [-0.4, -0.2) is 9.97 Å². The molecule has 18 heavy (non-hydrogen) atoms. The quantitative estimate of drug-likeness (QED) is 0.738. The number of thiophene rings is 1. The standard InChI is InChI=1S/C13H9ClN2OS/c1-7-4-8(14)2-3-9(7)11-5-10-12(18-11)13(17)16-6-15-10/h2-6H,1H3,(H,15,16,17). The van der Waals surface area contributed by atoms with Crippen molar-refractivity contribution in [1.82, 2.24) is 9.97 Å². The van der Waals surface area contributed by atoms with Crippen LogP contribution in [0.2, 0.25) is 5.02 Å². The van der Waals surface area contributed by atoms with Gasteiger partial charge in [0.15, 0.2) is 0 Å². The van der Waals surface area contributed by atoms with Gasteiger partial charge in [-0.1, -0.05) is 17.7 Å². The number of rotatable bonds is 1. The number of hydrogen-bond donors (Lipinski definition) is 1. The van der Waals surface area contributed by atoms with Crippen molar-refractivity contribution in [3.05, 3.63) is 51.5 Å². The smallest absolute Gasteiger partial charge is 0.268 e. The number of nitrogens with one attached hydrogen (secondary N) is 1. The van der Waals surface area contributed by atoms with Crippen LogP contribution in [0.25, 0.3) is 20.7 Å². The molecule has 0 bridgehead atoms. The summed E-state index contributed by atoms with van der Waals surface area (Å²) in [5.41, 5.74) is 2.81. The first-order chi connectivity index (χ1) is 8.65. The van der Waals surface area contributed by atoms with E-state index in [0.717, 1.165) is 21.5 Å². The molecule has 1 N–H and O–H groups in total. The molecule has 0 aliphatic carbocycles. The molecule has 1 aromatic carbocycles. The summed E-state index contributed by atoms with van der Waals surface area (Å²) < 4.78 is 0.654. The Bertz CT molecular complexity index is 791. The van der Waals surface area contributed by atoms with Gasteiger partial charge in [0, 0.05) is 9.90 Å². The number of hydrogen-bond acceptors (Lipinski definition) is 3. The molecule has 0 amide bonds. The molecule has 2 heterocycles. The minimum Gasteiger partial charge on any atom is -0.312 e. The molecular weight excluding hydrogens is 268 g/mol. The van der Waals surface area contributed by atoms with E-state index in [1.807, 2.05) is 31.2 Å². The zero-order valence-electron chi connectivity index (χ0n) is 9.53. The molecular formula is C13H9ClN2OS. The number of benzene rings is 1. The minimum atomic E-state index is -0.0946. The molecule has 2 aromatic heterocycles. The summed E-state index contributed by atoms with van der Waals surface area (Å²) in [4.78, 5) is 19.4. The molecule has 90 valence electrons. The lowest BCUT2D eigenvalue weighted by molar-refractivity contribution is 1.18. The molecule has 3 rings (SSSR count). The Morgan fingerprint density at radius 3 is 2.89 bits per heavy atom. The molecule has 0 unspecified atom stereocenters. The number of aromatic amines is 1. The zero-order valence-corrected chi connectivity index (χ0v) is 11.1. The summed E-state index contributed by atoms with van der Waals surface area (Å²) in [5, 5.41) is 0.716. The van der Waals surface area contributed by atoms with Gasteiger partial charge in [-0.15, -0.1) is 11.3 Å². The number of fused-ring (bicyclic) bond motifs is 1. The highest BCUT2D eigenvalue weighted by molar-refractivity contribution is 7.22. The van der Waals surface area contributed by atoms with Gasteiger partial charge in [-0.05, 0) is 36.2 Å². The molecule has 0 atom stereocenters. The third kappa shape index (κ3) is 1.83. The SMILES string of the molecule is Cc1cc(Cl)ccc1-c1cc2nc[nH]c(=O)c2s1. The van der Waals surface area contributed by atoms with Crippen LogP contribution in [0.15, 0.2) is 35.4 Å². The van der Waals surface area contributed by atoms with E-state index in [9.17, 15) is 4.79 Å². The normalized spacial score (nSPS) is 11.0. The molecule has 0 saturated carbocycles. The van der Waals surface area contributed by atoms with Gasteiger partial charge in [-0.3, -0.25) is 4.79 Å². The number of aromatic nitrogens is 2. The first-order valence-corrected chi connectivity index (χ1v) is 6.58. The Balaban J connectivity index is 2.26. The second-order valence-electron chi connectivity index (χ2n) is 4.02. The van der Waals surface area contributed by atoms with Gasteiger partial charge in [-0.25, -0.2) is 4.98 Å². The van der Waals surface area contributed by atoms with Crippen molar-refractivity contribution >= 4 is 33.2 Å². The molecule has 0 radical (unpaired) electrons. The Hall–Kier alpha value is -1.65. The van der Waals surface area contributed by atoms with E-state index in [4.69, 9.17) is 11.6 Å². The highest BCUT2D eigenvalue weighted by atomic mass is 35.5. The van der Waals surface area contributed by atoms with E-state index >= 15 is 0 Å². The van der Waals surface area contributed by atoms with E-state index < -0.39 is 0 Å². The fourth-order valence-electron chi connectivity index (χ4n) is 1.90. The topological polar surface area (TPSA) is 45.8 Å². The van der Waals surface area contributed by atoms with Crippen LogP contribution in [0, 0.1) is 6.92 Å². The van der Waals surface area contributed by atoms with Crippen LogP contribution in [0.3, 0.4) is 0 Å². The molecule has 5 heteroatoms. The molecule has 0 saturated heterocycles. The van der Waals surface area contributed by atoms with Crippen LogP contribution in [0.5, 0.6) is 0 Å². The maximum absolute atomic E-state index is 11.7. The summed E-state index contributed by atoms with van der Waals surface area (Å²) in [5.74, 6) is 0. The van der Waals surface area contributed by atoms with Crippen molar-refractivity contribution in [1.29, 1.82) is 0 Å². The monoisotopic (exact) mass is 276 g/mol. The van der Waals surface area contributed by atoms with Crippen LogP contribution in [0.1, 0.15) is 5.56 Å². The molecule has 0 spiro atoms. The number of nitrogens with zero attached hydrogens (tertiary/aromatic N) is 1. The van der Waals surface area contributed by atoms with E-state index in [-0.39, 0.29) is 5.56 Å². The fraction of sp³-hybridized carbons (Fsp3) is 0.0769. The number of H-pyrrole nitrogens is 1. The Morgan fingerprint density at radius 1 is 1.33 bits per heavy atom. The molecule has 0 aliphatic rings. The predicted octanol–water partition coefficient (Wildman–Crippen LogP) is 3.61. The lowest BCUT2D eigenvalue weighted by atomic mass is 10.1. The molecule has 3 nitrogen and oxygen atoms in total. The summed E-state index contributed by atoms with van der Waals surface area (Å²) in [7, 11) is 0. The largest absolute Gasteiger partial charge is 0.312 e. The Morgan fingerprint density at radius 2 is 2.17 bits per heavy atom. The van der Waals surface area contributed by atoms with Crippen molar-refractivity contribution in [3.8, 4) is 10.4 Å². The average Bonchev–Trinajstić information content (AvgIpc) is 2.74. The van der Waals surface area contributed by atoms with Gasteiger partial charge in [0.2, 0.25) is 0 Å². The van der Waals surface area contributed by atoms with Gasteiger partial charge in [-0.2, -0.15) is 0 Å². The first-order valence-electron chi connectivity index (χ1n) is 5.39. The van der Waals surface area contributed by atoms with Gasteiger partial charge < -0.3 is 4.98 Å². The number of halogens is 1. The van der Waals surface area contributed by atoms with E-state index in [1.54, 1.807) is 0 Å². The third-order valence-corrected chi connectivity index (χ3v) is 4.16. The van der Waals surface area contributed by atoms with Crippen LogP contribution in [0.4, 0.5) is 0 Å². The highest BCUT2D eigenvalue weighted by Crippen LogP contribution is 2.33. The lowest BCUT2D eigenvalue weighted by Gasteiger charge is -2.02. The van der Waals surface area contributed by atoms with Crippen molar-refractivity contribution in [2.75, 3.05) is 0 Å². The fourth-order valence-corrected chi connectivity index (χ4v) is 3.23. The number of aryl methyl sites for hydroxylation is 1.